The van der Waals surface area contributed by atoms with Crippen molar-refractivity contribution >= 4 is 21.6 Å². The Balaban J connectivity index is 1.71. The molecule has 1 aliphatic rings. The number of carbonyl (C=O) groups excluding carboxylic acids is 1. The largest absolute Gasteiger partial charge is 0.322 e. The lowest BCUT2D eigenvalue weighted by molar-refractivity contribution is 0.102. The molecule has 5 nitrogen and oxygen atoms in total. The van der Waals surface area contributed by atoms with Crippen molar-refractivity contribution in [1.29, 1.82) is 0 Å². The summed E-state index contributed by atoms with van der Waals surface area (Å²) in [6.45, 7) is 1.09. The summed E-state index contributed by atoms with van der Waals surface area (Å²) < 4.78 is 39.6. The fourth-order valence-corrected chi connectivity index (χ4v) is 4.29. The van der Waals surface area contributed by atoms with Crippen LogP contribution in [0.2, 0.25) is 0 Å². The number of sulfonamides is 1. The van der Waals surface area contributed by atoms with Crippen LogP contribution in [-0.2, 0) is 10.0 Å². The first kappa shape index (κ1) is 17.6. The van der Waals surface area contributed by atoms with Crippen LogP contribution >= 0.6 is 0 Å². The predicted octanol–water partition coefficient (Wildman–Crippen LogP) is 3.25. The van der Waals surface area contributed by atoms with E-state index in [4.69, 9.17) is 0 Å². The van der Waals surface area contributed by atoms with Crippen LogP contribution in [0.25, 0.3) is 0 Å². The molecule has 0 saturated carbocycles. The molecule has 2 aromatic carbocycles. The maximum atomic E-state index is 12.9. The Kier molecular flexibility index (Phi) is 5.15. The van der Waals surface area contributed by atoms with Gasteiger partial charge in [0.1, 0.15) is 5.82 Å². The Morgan fingerprint density at radius 1 is 0.920 bits per heavy atom. The van der Waals surface area contributed by atoms with E-state index < -0.39 is 15.8 Å². The number of rotatable bonds is 4. The van der Waals surface area contributed by atoms with Gasteiger partial charge in [0.2, 0.25) is 10.0 Å². The fourth-order valence-electron chi connectivity index (χ4n) is 2.77. The topological polar surface area (TPSA) is 66.5 Å². The fraction of sp³-hybridized carbons (Fsp3) is 0.278. The molecule has 25 heavy (non-hydrogen) atoms. The Labute approximate surface area is 146 Å². The summed E-state index contributed by atoms with van der Waals surface area (Å²) in [7, 11) is -3.49. The van der Waals surface area contributed by atoms with Gasteiger partial charge in [-0.1, -0.05) is 6.42 Å². The van der Waals surface area contributed by atoms with E-state index in [1.165, 1.54) is 40.7 Å². The second-order valence-corrected chi connectivity index (χ2v) is 7.89. The number of anilines is 1. The zero-order valence-electron chi connectivity index (χ0n) is 13.6. The zero-order valence-corrected chi connectivity index (χ0v) is 14.4. The van der Waals surface area contributed by atoms with Crippen molar-refractivity contribution in [3.05, 3.63) is 59.9 Å². The minimum Gasteiger partial charge on any atom is -0.322 e. The van der Waals surface area contributed by atoms with Gasteiger partial charge in [0.15, 0.2) is 0 Å². The van der Waals surface area contributed by atoms with Gasteiger partial charge in [0.25, 0.3) is 5.91 Å². The molecule has 2 aromatic rings. The van der Waals surface area contributed by atoms with Crippen molar-refractivity contribution in [1.82, 2.24) is 4.31 Å². The van der Waals surface area contributed by atoms with Crippen molar-refractivity contribution in [3.63, 3.8) is 0 Å². The zero-order chi connectivity index (χ0) is 17.9. The highest BCUT2D eigenvalue weighted by molar-refractivity contribution is 7.89. The maximum Gasteiger partial charge on any atom is 0.255 e. The molecule has 3 rings (SSSR count). The van der Waals surface area contributed by atoms with Crippen LogP contribution in [0.4, 0.5) is 10.1 Å². The van der Waals surface area contributed by atoms with Gasteiger partial charge in [0, 0.05) is 24.3 Å². The van der Waals surface area contributed by atoms with Crippen LogP contribution in [0.1, 0.15) is 29.6 Å². The number of amides is 1. The molecule has 1 N–H and O–H groups in total. The Hall–Kier alpha value is -2.25. The van der Waals surface area contributed by atoms with Crippen molar-refractivity contribution < 1.29 is 17.6 Å². The van der Waals surface area contributed by atoms with Crippen molar-refractivity contribution in [2.45, 2.75) is 24.2 Å². The van der Waals surface area contributed by atoms with E-state index in [9.17, 15) is 17.6 Å². The summed E-state index contributed by atoms with van der Waals surface area (Å²) >= 11 is 0. The first-order chi connectivity index (χ1) is 12.0. The van der Waals surface area contributed by atoms with Crippen LogP contribution in [-0.4, -0.2) is 31.7 Å². The summed E-state index contributed by atoms with van der Waals surface area (Å²) in [6.07, 6.45) is 2.82. The van der Waals surface area contributed by atoms with E-state index in [-0.39, 0.29) is 10.8 Å². The molecule has 1 heterocycles. The molecule has 0 spiro atoms. The van der Waals surface area contributed by atoms with E-state index in [1.807, 2.05) is 0 Å². The number of nitrogens with zero attached hydrogens (tertiary/aromatic N) is 1. The highest BCUT2D eigenvalue weighted by Crippen LogP contribution is 2.22. The van der Waals surface area contributed by atoms with Gasteiger partial charge in [-0.2, -0.15) is 4.31 Å². The quantitative estimate of drug-likeness (QED) is 0.908. The van der Waals surface area contributed by atoms with Gasteiger partial charge in [-0.3, -0.25) is 4.79 Å². The van der Waals surface area contributed by atoms with Crippen LogP contribution in [0.15, 0.2) is 53.4 Å². The monoisotopic (exact) mass is 362 g/mol. The molecule has 1 saturated heterocycles. The molecule has 1 amide bonds. The molecule has 0 aliphatic carbocycles. The number of piperidine rings is 1. The number of halogens is 1. The summed E-state index contributed by atoms with van der Waals surface area (Å²) in [5.41, 5.74) is 0.804. The molecular weight excluding hydrogens is 343 g/mol. The smallest absolute Gasteiger partial charge is 0.255 e. The molecule has 0 radical (unpaired) electrons. The van der Waals surface area contributed by atoms with E-state index >= 15 is 0 Å². The van der Waals surface area contributed by atoms with Gasteiger partial charge in [-0.15, -0.1) is 0 Å². The standard InChI is InChI=1S/C18H19FN2O3S/c19-15-6-4-14(5-7-15)18(22)20-16-8-10-17(11-9-16)25(23,24)21-12-2-1-3-13-21/h4-11H,1-3,12-13H2,(H,20,22). The average Bonchev–Trinajstić information content (AvgIpc) is 2.63. The predicted molar refractivity (Wildman–Crippen MR) is 93.4 cm³/mol. The maximum absolute atomic E-state index is 12.9. The van der Waals surface area contributed by atoms with Gasteiger partial charge in [-0.25, -0.2) is 12.8 Å². The average molecular weight is 362 g/mol. The van der Waals surface area contributed by atoms with E-state index in [2.05, 4.69) is 5.32 Å². The second kappa shape index (κ2) is 7.33. The number of nitrogens with one attached hydrogen (secondary N) is 1. The first-order valence-electron chi connectivity index (χ1n) is 8.14. The van der Waals surface area contributed by atoms with Crippen LogP contribution in [0.5, 0.6) is 0 Å². The highest BCUT2D eigenvalue weighted by atomic mass is 32.2. The highest BCUT2D eigenvalue weighted by Gasteiger charge is 2.25. The lowest BCUT2D eigenvalue weighted by Crippen LogP contribution is -2.35. The van der Waals surface area contributed by atoms with E-state index in [0.717, 1.165) is 19.3 Å². The third-order valence-electron chi connectivity index (χ3n) is 4.17. The Bertz CT molecular complexity index is 843. The molecular formula is C18H19FN2O3S. The summed E-state index contributed by atoms with van der Waals surface area (Å²) in [6, 6.07) is 11.3. The molecule has 0 atom stereocenters. The van der Waals surface area contributed by atoms with Crippen LogP contribution < -0.4 is 5.32 Å². The van der Waals surface area contributed by atoms with Crippen molar-refractivity contribution in [2.75, 3.05) is 18.4 Å². The molecule has 132 valence electrons. The lowest BCUT2D eigenvalue weighted by Gasteiger charge is -2.25. The number of carbonyl (C=O) groups is 1. The SMILES string of the molecule is O=C(Nc1ccc(S(=O)(=O)N2CCCCC2)cc1)c1ccc(F)cc1. The number of hydrogen-bond donors (Lipinski definition) is 1. The van der Waals surface area contributed by atoms with Gasteiger partial charge >= 0.3 is 0 Å². The molecule has 7 heteroatoms. The number of benzene rings is 2. The Morgan fingerprint density at radius 3 is 2.12 bits per heavy atom. The minimum atomic E-state index is -3.49. The minimum absolute atomic E-state index is 0.217. The first-order valence-corrected chi connectivity index (χ1v) is 9.58. The van der Waals surface area contributed by atoms with Gasteiger partial charge in [0.05, 0.1) is 4.90 Å². The van der Waals surface area contributed by atoms with E-state index in [1.54, 1.807) is 12.1 Å². The molecule has 1 fully saturated rings. The summed E-state index contributed by atoms with van der Waals surface area (Å²) in [5.74, 6) is -0.796. The third kappa shape index (κ3) is 4.05. The van der Waals surface area contributed by atoms with Crippen LogP contribution in [0.3, 0.4) is 0 Å². The van der Waals surface area contributed by atoms with E-state index in [0.29, 0.717) is 24.3 Å². The molecule has 0 unspecified atom stereocenters. The Morgan fingerprint density at radius 2 is 1.52 bits per heavy atom. The van der Waals surface area contributed by atoms with Gasteiger partial charge < -0.3 is 5.32 Å². The summed E-state index contributed by atoms with van der Waals surface area (Å²) in [4.78, 5) is 12.3. The second-order valence-electron chi connectivity index (χ2n) is 5.95. The number of hydrogen-bond acceptors (Lipinski definition) is 3. The summed E-state index contributed by atoms with van der Waals surface area (Å²) in [5, 5.41) is 2.67. The molecule has 0 bridgehead atoms. The van der Waals surface area contributed by atoms with Crippen molar-refractivity contribution in [3.8, 4) is 0 Å². The molecule has 0 aromatic heterocycles. The lowest BCUT2D eigenvalue weighted by atomic mass is 10.2. The van der Waals surface area contributed by atoms with Crippen molar-refractivity contribution in [2.24, 2.45) is 0 Å². The third-order valence-corrected chi connectivity index (χ3v) is 6.08. The normalized spacial score (nSPS) is 15.7. The van der Waals surface area contributed by atoms with Crippen LogP contribution in [0, 0.1) is 5.82 Å². The molecule has 1 aliphatic heterocycles. The van der Waals surface area contributed by atoms with Gasteiger partial charge in [-0.05, 0) is 61.4 Å².